The van der Waals surface area contributed by atoms with E-state index in [1.54, 1.807) is 7.11 Å². The molecule has 0 bridgehead atoms. The van der Waals surface area contributed by atoms with Crippen LogP contribution in [0.1, 0.15) is 45.2 Å². The van der Waals surface area contributed by atoms with Gasteiger partial charge in [-0.15, -0.1) is 0 Å². The maximum atomic E-state index is 6.11. The van der Waals surface area contributed by atoms with Crippen molar-refractivity contribution in [2.75, 3.05) is 40.0 Å². The van der Waals surface area contributed by atoms with Crippen LogP contribution in [-0.2, 0) is 9.47 Å². The van der Waals surface area contributed by atoms with E-state index < -0.39 is 0 Å². The molecule has 1 atom stereocenters. The fraction of sp³-hybridized carbons (Fsp3) is 0.650. The quantitative estimate of drug-likeness (QED) is 0.401. The molecule has 0 aromatic heterocycles. The molecule has 6 heteroatoms. The second-order valence-electron chi connectivity index (χ2n) is 7.02. The molecule has 2 rings (SSSR count). The van der Waals surface area contributed by atoms with Gasteiger partial charge in [0.25, 0.3) is 0 Å². The van der Waals surface area contributed by atoms with Gasteiger partial charge in [0.15, 0.2) is 5.96 Å². The topological polar surface area (TPSA) is 64.1 Å². The average molecular weight is 364 g/mol. The largest absolute Gasteiger partial charge is 0.487 e. The lowest BCUT2D eigenvalue weighted by atomic mass is 9.90. The van der Waals surface area contributed by atoms with Crippen LogP contribution in [0.4, 0.5) is 0 Å². The highest BCUT2D eigenvalue weighted by atomic mass is 16.5. The summed E-state index contributed by atoms with van der Waals surface area (Å²) >= 11 is 0. The van der Waals surface area contributed by atoms with Crippen molar-refractivity contribution in [3.8, 4) is 5.75 Å². The summed E-state index contributed by atoms with van der Waals surface area (Å²) in [4.78, 5) is 4.69. The number of fused-ring (bicyclic) bond motifs is 1. The number of ether oxygens (including phenoxy) is 3. The summed E-state index contributed by atoms with van der Waals surface area (Å²) in [6, 6.07) is 8.39. The Morgan fingerprint density at radius 2 is 2.08 bits per heavy atom. The Morgan fingerprint density at radius 1 is 1.27 bits per heavy atom. The second-order valence-corrected chi connectivity index (χ2v) is 7.02. The Bertz CT molecular complexity index is 575. The minimum Gasteiger partial charge on any atom is -0.487 e. The van der Waals surface area contributed by atoms with Crippen LogP contribution in [0.2, 0.25) is 0 Å². The van der Waals surface area contributed by atoms with Crippen molar-refractivity contribution in [1.29, 1.82) is 0 Å². The van der Waals surface area contributed by atoms with Gasteiger partial charge in [-0.05, 0) is 33.3 Å². The third kappa shape index (κ3) is 6.50. The van der Waals surface area contributed by atoms with E-state index in [1.807, 2.05) is 12.1 Å². The highest BCUT2D eigenvalue weighted by Gasteiger charge is 2.33. The maximum Gasteiger partial charge on any atom is 0.191 e. The Labute approximate surface area is 157 Å². The zero-order valence-corrected chi connectivity index (χ0v) is 16.5. The van der Waals surface area contributed by atoms with Crippen molar-refractivity contribution in [2.24, 2.45) is 4.99 Å². The fourth-order valence-corrected chi connectivity index (χ4v) is 3.02. The van der Waals surface area contributed by atoms with Gasteiger partial charge in [0.2, 0.25) is 0 Å². The first-order valence-corrected chi connectivity index (χ1v) is 9.45. The number of guanidine groups is 1. The van der Waals surface area contributed by atoms with Crippen LogP contribution in [0.15, 0.2) is 29.3 Å². The minimum atomic E-state index is -0.210. The van der Waals surface area contributed by atoms with Crippen LogP contribution in [0.25, 0.3) is 0 Å². The molecule has 1 aromatic rings. The van der Waals surface area contributed by atoms with E-state index in [-0.39, 0.29) is 11.6 Å². The summed E-state index contributed by atoms with van der Waals surface area (Å²) in [5.41, 5.74) is 0.971. The lowest BCUT2D eigenvalue weighted by molar-refractivity contribution is 0.0692. The number of para-hydroxylation sites is 1. The van der Waals surface area contributed by atoms with Crippen LogP contribution in [-0.4, -0.2) is 51.6 Å². The fourth-order valence-electron chi connectivity index (χ4n) is 3.02. The summed E-state index contributed by atoms with van der Waals surface area (Å²) in [6.07, 6.45) is 1.77. The van der Waals surface area contributed by atoms with E-state index in [0.29, 0.717) is 19.8 Å². The van der Waals surface area contributed by atoms with Gasteiger partial charge in [-0.25, -0.2) is 0 Å². The molecule has 0 spiro atoms. The van der Waals surface area contributed by atoms with E-state index >= 15 is 0 Å². The highest BCUT2D eigenvalue weighted by molar-refractivity contribution is 5.80. The minimum absolute atomic E-state index is 0.172. The molecular weight excluding hydrogens is 330 g/mol. The number of hydrogen-bond donors (Lipinski definition) is 2. The van der Waals surface area contributed by atoms with Crippen LogP contribution in [0.5, 0.6) is 5.75 Å². The van der Waals surface area contributed by atoms with Gasteiger partial charge in [0.1, 0.15) is 11.4 Å². The standard InChI is InChI=1S/C20H33N3O3/c1-5-21-19(22-11-8-12-25-14-13-24-4)23-17-15-20(2,3)26-18-10-7-6-9-16(17)18/h6-7,9-10,17H,5,8,11-15H2,1-4H3,(H2,21,22,23). The smallest absolute Gasteiger partial charge is 0.191 e. The zero-order valence-electron chi connectivity index (χ0n) is 16.5. The van der Waals surface area contributed by atoms with E-state index in [4.69, 9.17) is 14.2 Å². The lowest BCUT2D eigenvalue weighted by Crippen LogP contribution is -2.45. The van der Waals surface area contributed by atoms with Crippen molar-refractivity contribution in [1.82, 2.24) is 10.6 Å². The van der Waals surface area contributed by atoms with Gasteiger partial charge < -0.3 is 24.8 Å². The number of aliphatic imine (C=N–C) groups is 1. The lowest BCUT2D eigenvalue weighted by Gasteiger charge is -2.38. The number of methoxy groups -OCH3 is 1. The SMILES string of the molecule is CCNC(=NCCCOCCOC)NC1CC(C)(C)Oc2ccccc21. The molecule has 0 amide bonds. The molecule has 26 heavy (non-hydrogen) atoms. The summed E-state index contributed by atoms with van der Waals surface area (Å²) in [7, 11) is 1.68. The van der Waals surface area contributed by atoms with Gasteiger partial charge in [0.05, 0.1) is 19.3 Å². The molecule has 0 aliphatic carbocycles. The molecule has 2 N–H and O–H groups in total. The average Bonchev–Trinajstić information content (AvgIpc) is 2.60. The number of rotatable bonds is 9. The number of nitrogens with one attached hydrogen (secondary N) is 2. The zero-order chi connectivity index (χ0) is 18.8. The molecule has 0 radical (unpaired) electrons. The monoisotopic (exact) mass is 363 g/mol. The van der Waals surface area contributed by atoms with Crippen LogP contribution >= 0.6 is 0 Å². The Kier molecular flexibility index (Phi) is 8.19. The molecule has 1 heterocycles. The van der Waals surface area contributed by atoms with Gasteiger partial charge in [-0.1, -0.05) is 18.2 Å². The molecular formula is C20H33N3O3. The Hall–Kier alpha value is -1.79. The molecule has 0 saturated carbocycles. The number of nitrogens with zero attached hydrogens (tertiary/aromatic N) is 1. The molecule has 0 saturated heterocycles. The summed E-state index contributed by atoms with van der Waals surface area (Å²) < 4.78 is 16.6. The van der Waals surface area contributed by atoms with E-state index in [1.165, 1.54) is 5.56 Å². The molecule has 146 valence electrons. The predicted molar refractivity (Wildman–Crippen MR) is 105 cm³/mol. The summed E-state index contributed by atoms with van der Waals surface area (Å²) in [5.74, 6) is 1.78. The first-order chi connectivity index (χ1) is 12.6. The Balaban J connectivity index is 1.95. The van der Waals surface area contributed by atoms with Gasteiger partial charge in [-0.3, -0.25) is 4.99 Å². The third-order valence-corrected chi connectivity index (χ3v) is 4.18. The van der Waals surface area contributed by atoms with Crippen molar-refractivity contribution in [3.05, 3.63) is 29.8 Å². The normalized spacial score (nSPS) is 18.8. The highest BCUT2D eigenvalue weighted by Crippen LogP contribution is 2.39. The van der Waals surface area contributed by atoms with Gasteiger partial charge in [0, 0.05) is 38.8 Å². The van der Waals surface area contributed by atoms with Crippen LogP contribution in [0.3, 0.4) is 0 Å². The molecule has 1 aromatic carbocycles. The molecule has 1 aliphatic heterocycles. The van der Waals surface area contributed by atoms with Crippen molar-refractivity contribution in [3.63, 3.8) is 0 Å². The number of benzene rings is 1. The van der Waals surface area contributed by atoms with Crippen molar-refractivity contribution < 1.29 is 14.2 Å². The molecule has 1 unspecified atom stereocenters. The predicted octanol–water partition coefficient (Wildman–Crippen LogP) is 2.90. The third-order valence-electron chi connectivity index (χ3n) is 4.18. The van der Waals surface area contributed by atoms with Crippen LogP contribution in [0, 0.1) is 0 Å². The van der Waals surface area contributed by atoms with E-state index in [2.05, 4.69) is 48.5 Å². The van der Waals surface area contributed by atoms with E-state index in [9.17, 15) is 0 Å². The molecule has 6 nitrogen and oxygen atoms in total. The van der Waals surface area contributed by atoms with Crippen LogP contribution < -0.4 is 15.4 Å². The van der Waals surface area contributed by atoms with Gasteiger partial charge in [-0.2, -0.15) is 0 Å². The Morgan fingerprint density at radius 3 is 2.85 bits per heavy atom. The van der Waals surface area contributed by atoms with Crippen molar-refractivity contribution in [2.45, 2.75) is 45.3 Å². The summed E-state index contributed by atoms with van der Waals surface area (Å²) in [5, 5.41) is 6.91. The van der Waals surface area contributed by atoms with E-state index in [0.717, 1.165) is 37.6 Å². The van der Waals surface area contributed by atoms with Crippen molar-refractivity contribution >= 4 is 5.96 Å². The maximum absolute atomic E-state index is 6.11. The first-order valence-electron chi connectivity index (χ1n) is 9.45. The molecule has 1 aliphatic rings. The summed E-state index contributed by atoms with van der Waals surface area (Å²) in [6.45, 7) is 9.82. The molecule has 0 fully saturated rings. The number of hydrogen-bond acceptors (Lipinski definition) is 4. The first kappa shape index (κ1) is 20.5. The van der Waals surface area contributed by atoms with Gasteiger partial charge >= 0.3 is 0 Å². The second kappa shape index (κ2) is 10.4.